The van der Waals surface area contributed by atoms with Gasteiger partial charge in [-0.05, 0) is 35.7 Å². The van der Waals surface area contributed by atoms with Crippen LogP contribution in [0, 0.1) is 0 Å². The summed E-state index contributed by atoms with van der Waals surface area (Å²) in [6.07, 6.45) is 1.05. The number of rotatable bonds is 5. The van der Waals surface area contributed by atoms with Crippen LogP contribution in [0.1, 0.15) is 24.1 Å². The second kappa shape index (κ2) is 7.37. The van der Waals surface area contributed by atoms with Gasteiger partial charge in [0, 0.05) is 16.7 Å². The van der Waals surface area contributed by atoms with Crippen LogP contribution in [0.25, 0.3) is 0 Å². The first kappa shape index (κ1) is 15.7. The molecule has 0 aliphatic carbocycles. The third-order valence-corrected chi connectivity index (χ3v) is 4.99. The lowest BCUT2D eigenvalue weighted by atomic mass is 10.1. The zero-order chi connectivity index (χ0) is 14.5. The maximum absolute atomic E-state index is 6.22. The molecule has 2 aromatic carbocycles. The Hall–Kier alpha value is -0.670. The molecule has 0 aromatic heterocycles. The van der Waals surface area contributed by atoms with Crippen molar-refractivity contribution in [3.63, 3.8) is 0 Å². The Bertz CT molecular complexity index is 569. The molecule has 0 heterocycles. The zero-order valence-corrected chi connectivity index (χ0v) is 13.6. The summed E-state index contributed by atoms with van der Waals surface area (Å²) in [7, 11) is 0. The monoisotopic (exact) mass is 325 g/mol. The first-order valence-corrected chi connectivity index (χ1v) is 8.26. The molecule has 0 fully saturated rings. The van der Waals surface area contributed by atoms with E-state index in [1.165, 1.54) is 5.56 Å². The molecular formula is C16H17Cl2NS. The average Bonchev–Trinajstić information content (AvgIpc) is 2.48. The fourth-order valence-corrected chi connectivity index (χ4v) is 3.14. The van der Waals surface area contributed by atoms with Crippen LogP contribution in [0.15, 0.2) is 47.4 Å². The van der Waals surface area contributed by atoms with Crippen LogP contribution in [0.4, 0.5) is 0 Å². The van der Waals surface area contributed by atoms with Gasteiger partial charge < -0.3 is 5.73 Å². The van der Waals surface area contributed by atoms with Gasteiger partial charge >= 0.3 is 0 Å². The average molecular weight is 326 g/mol. The van der Waals surface area contributed by atoms with Crippen LogP contribution in [0.3, 0.4) is 0 Å². The Morgan fingerprint density at radius 2 is 1.75 bits per heavy atom. The first-order valence-electron chi connectivity index (χ1n) is 6.52. The fourth-order valence-electron chi connectivity index (χ4n) is 1.85. The van der Waals surface area contributed by atoms with Crippen LogP contribution in [0.2, 0.25) is 10.0 Å². The molecule has 0 radical (unpaired) electrons. The van der Waals surface area contributed by atoms with Crippen molar-refractivity contribution in [2.24, 2.45) is 5.73 Å². The Balaban J connectivity index is 1.96. The van der Waals surface area contributed by atoms with Gasteiger partial charge in [-0.15, -0.1) is 11.8 Å². The van der Waals surface area contributed by atoms with Crippen LogP contribution < -0.4 is 5.73 Å². The summed E-state index contributed by atoms with van der Waals surface area (Å²) < 4.78 is 0. The maximum Gasteiger partial charge on any atom is 0.0603 e. The molecule has 2 aromatic rings. The Labute approximate surface area is 134 Å². The Kier molecular flexibility index (Phi) is 5.79. The molecule has 2 rings (SSSR count). The summed E-state index contributed by atoms with van der Waals surface area (Å²) in [6, 6.07) is 14.2. The van der Waals surface area contributed by atoms with Crippen molar-refractivity contribution < 1.29 is 0 Å². The lowest BCUT2D eigenvalue weighted by Gasteiger charge is -2.12. The summed E-state index contributed by atoms with van der Waals surface area (Å²) in [5, 5.41) is 1.16. The summed E-state index contributed by atoms with van der Waals surface area (Å²) >= 11 is 13.6. The standard InChI is InChI=1S/C16H17Cl2NS/c1-2-11-3-5-12(6-4-11)16(19)10-20-13-7-8-14(17)15(18)9-13/h3-9,16H,2,10,19H2,1H3. The van der Waals surface area contributed by atoms with Crippen molar-refractivity contribution in [1.82, 2.24) is 0 Å². The highest BCUT2D eigenvalue weighted by Crippen LogP contribution is 2.29. The van der Waals surface area contributed by atoms with Crippen LogP contribution in [-0.4, -0.2) is 5.75 Å². The van der Waals surface area contributed by atoms with Crippen molar-refractivity contribution in [3.05, 3.63) is 63.6 Å². The number of halogens is 2. The van der Waals surface area contributed by atoms with Gasteiger partial charge in [0.05, 0.1) is 10.0 Å². The molecular weight excluding hydrogens is 309 g/mol. The second-order valence-corrected chi connectivity index (χ2v) is 6.50. The maximum atomic E-state index is 6.22. The largest absolute Gasteiger partial charge is 0.323 e. The van der Waals surface area contributed by atoms with Gasteiger partial charge in [0.15, 0.2) is 0 Å². The van der Waals surface area contributed by atoms with Crippen LogP contribution >= 0.6 is 35.0 Å². The predicted molar refractivity (Wildman–Crippen MR) is 89.9 cm³/mol. The van der Waals surface area contributed by atoms with E-state index in [0.717, 1.165) is 22.6 Å². The predicted octanol–water partition coefficient (Wildman–Crippen LogP) is 5.35. The highest BCUT2D eigenvalue weighted by atomic mass is 35.5. The third-order valence-electron chi connectivity index (χ3n) is 3.14. The van der Waals surface area contributed by atoms with Crippen molar-refractivity contribution in [2.75, 3.05) is 5.75 Å². The quantitative estimate of drug-likeness (QED) is 0.750. The lowest BCUT2D eigenvalue weighted by Crippen LogP contribution is -2.12. The topological polar surface area (TPSA) is 26.0 Å². The number of aryl methyl sites for hydroxylation is 1. The molecule has 1 atom stereocenters. The van der Waals surface area contributed by atoms with E-state index >= 15 is 0 Å². The smallest absolute Gasteiger partial charge is 0.0603 e. The summed E-state index contributed by atoms with van der Waals surface area (Å²) in [5.74, 6) is 0.809. The van der Waals surface area contributed by atoms with E-state index in [0.29, 0.717) is 10.0 Å². The molecule has 1 nitrogen and oxygen atoms in total. The van der Waals surface area contributed by atoms with Crippen molar-refractivity contribution in [3.8, 4) is 0 Å². The molecule has 2 N–H and O–H groups in total. The molecule has 0 bridgehead atoms. The minimum atomic E-state index is 0.0142. The molecule has 0 spiro atoms. The lowest BCUT2D eigenvalue weighted by molar-refractivity contribution is 0.830. The molecule has 4 heteroatoms. The molecule has 0 aliphatic rings. The van der Waals surface area contributed by atoms with Crippen LogP contribution in [0.5, 0.6) is 0 Å². The number of benzene rings is 2. The van der Waals surface area contributed by atoms with Crippen molar-refractivity contribution in [2.45, 2.75) is 24.3 Å². The van der Waals surface area contributed by atoms with Gasteiger partial charge in [-0.1, -0.05) is 54.4 Å². The molecule has 0 saturated carbocycles. The highest BCUT2D eigenvalue weighted by molar-refractivity contribution is 7.99. The number of hydrogen-bond donors (Lipinski definition) is 1. The van der Waals surface area contributed by atoms with Crippen LogP contribution in [-0.2, 0) is 6.42 Å². The van der Waals surface area contributed by atoms with E-state index in [-0.39, 0.29) is 6.04 Å². The van der Waals surface area contributed by atoms with E-state index < -0.39 is 0 Å². The molecule has 0 amide bonds. The second-order valence-electron chi connectivity index (χ2n) is 4.59. The van der Waals surface area contributed by atoms with E-state index in [9.17, 15) is 0 Å². The number of thioether (sulfide) groups is 1. The van der Waals surface area contributed by atoms with Gasteiger partial charge in [-0.2, -0.15) is 0 Å². The van der Waals surface area contributed by atoms with Gasteiger partial charge in [0.1, 0.15) is 0 Å². The van der Waals surface area contributed by atoms with Gasteiger partial charge in [-0.3, -0.25) is 0 Å². The van der Waals surface area contributed by atoms with Gasteiger partial charge in [-0.25, -0.2) is 0 Å². The van der Waals surface area contributed by atoms with E-state index in [2.05, 4.69) is 31.2 Å². The van der Waals surface area contributed by atoms with Crippen molar-refractivity contribution in [1.29, 1.82) is 0 Å². The summed E-state index contributed by atoms with van der Waals surface area (Å²) in [5.41, 5.74) is 8.72. The minimum absolute atomic E-state index is 0.0142. The third kappa shape index (κ3) is 4.16. The van der Waals surface area contributed by atoms with Gasteiger partial charge in [0.25, 0.3) is 0 Å². The number of hydrogen-bond acceptors (Lipinski definition) is 2. The van der Waals surface area contributed by atoms with Gasteiger partial charge in [0.2, 0.25) is 0 Å². The molecule has 0 saturated heterocycles. The first-order chi connectivity index (χ1) is 9.60. The summed E-state index contributed by atoms with van der Waals surface area (Å²) in [4.78, 5) is 1.08. The van der Waals surface area contributed by atoms with Crippen molar-refractivity contribution >= 4 is 35.0 Å². The van der Waals surface area contributed by atoms with E-state index in [1.807, 2.05) is 18.2 Å². The summed E-state index contributed by atoms with van der Waals surface area (Å²) in [6.45, 7) is 2.15. The minimum Gasteiger partial charge on any atom is -0.323 e. The zero-order valence-electron chi connectivity index (χ0n) is 11.3. The van der Waals surface area contributed by atoms with E-state index in [4.69, 9.17) is 28.9 Å². The SMILES string of the molecule is CCc1ccc(C(N)CSc2ccc(Cl)c(Cl)c2)cc1. The normalized spacial score (nSPS) is 12.4. The Morgan fingerprint density at radius 3 is 2.35 bits per heavy atom. The molecule has 0 aliphatic heterocycles. The Morgan fingerprint density at radius 1 is 1.05 bits per heavy atom. The molecule has 106 valence electrons. The molecule has 1 unspecified atom stereocenters. The van der Waals surface area contributed by atoms with E-state index in [1.54, 1.807) is 11.8 Å². The molecule has 20 heavy (non-hydrogen) atoms. The number of nitrogens with two attached hydrogens (primary N) is 1. The fraction of sp³-hybridized carbons (Fsp3) is 0.250. The highest BCUT2D eigenvalue weighted by Gasteiger charge is 2.07.